The Kier molecular flexibility index (Phi) is 4.29. The Hall–Kier alpha value is -4.32. The lowest BCUT2D eigenvalue weighted by Crippen LogP contribution is -2.06. The molecular weight excluding hydrogens is 376 g/mol. The molecule has 0 spiro atoms. The van der Waals surface area contributed by atoms with Gasteiger partial charge >= 0.3 is 0 Å². The molecule has 5 rings (SSSR count). The Labute approximate surface area is 172 Å². The number of para-hydroxylation sites is 1. The molecule has 0 bridgehead atoms. The number of amides is 1. The maximum absolute atomic E-state index is 11.6. The predicted octanol–water partition coefficient (Wildman–Crippen LogP) is 5.40. The summed E-state index contributed by atoms with van der Waals surface area (Å²) in [5.74, 6) is 1.32. The summed E-state index contributed by atoms with van der Waals surface area (Å²) >= 11 is 0. The van der Waals surface area contributed by atoms with Gasteiger partial charge in [-0.25, -0.2) is 9.50 Å². The van der Waals surface area contributed by atoms with Crippen molar-refractivity contribution < 1.29 is 9.53 Å². The summed E-state index contributed by atoms with van der Waals surface area (Å²) in [5, 5.41) is 6.16. The average Bonchev–Trinajstić information content (AvgIpc) is 3.33. The van der Waals surface area contributed by atoms with Gasteiger partial charge in [0.1, 0.15) is 11.5 Å². The van der Waals surface area contributed by atoms with Gasteiger partial charge in [0.25, 0.3) is 0 Å². The Morgan fingerprint density at radius 3 is 2.53 bits per heavy atom. The van der Waals surface area contributed by atoms with E-state index in [1.807, 2.05) is 83.4 Å². The predicted molar refractivity (Wildman–Crippen MR) is 118 cm³/mol. The highest BCUT2D eigenvalue weighted by Crippen LogP contribution is 2.28. The van der Waals surface area contributed by atoms with Crippen LogP contribution in [0, 0.1) is 0 Å². The van der Waals surface area contributed by atoms with E-state index in [9.17, 15) is 4.79 Å². The Bertz CT molecular complexity index is 1370. The number of ether oxygens (including phenoxy) is 1. The maximum atomic E-state index is 11.6. The zero-order chi connectivity index (χ0) is 20.5. The minimum Gasteiger partial charge on any atom is -0.457 e. The van der Waals surface area contributed by atoms with Crippen molar-refractivity contribution in [1.82, 2.24) is 14.6 Å². The highest BCUT2D eigenvalue weighted by atomic mass is 16.5. The van der Waals surface area contributed by atoms with Gasteiger partial charge in [-0.2, -0.15) is 0 Å². The molecule has 1 amide bonds. The van der Waals surface area contributed by atoms with Crippen molar-refractivity contribution in [3.05, 3.63) is 91.5 Å². The fourth-order valence-corrected chi connectivity index (χ4v) is 3.34. The number of hydrogen-bond acceptors (Lipinski definition) is 3. The van der Waals surface area contributed by atoms with Crippen LogP contribution >= 0.6 is 0 Å². The first-order chi connectivity index (χ1) is 14.7. The van der Waals surface area contributed by atoms with E-state index < -0.39 is 0 Å². The number of nitrogens with zero attached hydrogens (tertiary/aromatic N) is 2. The molecule has 2 N–H and O–H groups in total. The fraction of sp³-hybridized carbons (Fsp3) is 0. The molecule has 6 heteroatoms. The molecule has 0 aliphatic heterocycles. The van der Waals surface area contributed by atoms with E-state index in [1.165, 1.54) is 6.08 Å². The second-order valence-electron chi connectivity index (χ2n) is 6.81. The topological polar surface area (TPSA) is 71.4 Å². The van der Waals surface area contributed by atoms with Crippen LogP contribution in [0.2, 0.25) is 0 Å². The van der Waals surface area contributed by atoms with Crippen molar-refractivity contribution in [2.75, 3.05) is 5.32 Å². The number of fused-ring (bicyclic) bond motifs is 3. The normalized spacial score (nSPS) is 10.9. The number of benzene rings is 3. The number of imidazole rings is 1. The summed E-state index contributed by atoms with van der Waals surface area (Å²) in [7, 11) is 0. The molecule has 146 valence electrons. The molecule has 0 aliphatic carbocycles. The first-order valence-corrected chi connectivity index (χ1v) is 9.47. The lowest BCUT2D eigenvalue weighted by molar-refractivity contribution is -0.111. The SMILES string of the molecule is C=CC(=O)Nc1ccc2nc3cc(-c4ccc(Oc5ccccc5)cc4)[nH]n3c2c1. The van der Waals surface area contributed by atoms with Gasteiger partial charge in [0, 0.05) is 11.8 Å². The smallest absolute Gasteiger partial charge is 0.247 e. The van der Waals surface area contributed by atoms with Gasteiger partial charge in [0.2, 0.25) is 5.91 Å². The molecule has 5 aromatic rings. The van der Waals surface area contributed by atoms with Crippen LogP contribution in [0.1, 0.15) is 0 Å². The van der Waals surface area contributed by atoms with E-state index in [0.29, 0.717) is 5.69 Å². The van der Waals surface area contributed by atoms with Crippen LogP contribution in [-0.2, 0) is 4.79 Å². The van der Waals surface area contributed by atoms with Gasteiger partial charge in [0.05, 0.1) is 16.7 Å². The number of hydrogen-bond donors (Lipinski definition) is 2. The average molecular weight is 394 g/mol. The van der Waals surface area contributed by atoms with Gasteiger partial charge in [-0.3, -0.25) is 9.89 Å². The molecule has 3 aromatic carbocycles. The zero-order valence-electron chi connectivity index (χ0n) is 16.0. The summed E-state index contributed by atoms with van der Waals surface area (Å²) in [6, 6.07) is 25.1. The third kappa shape index (κ3) is 3.31. The number of H-pyrrole nitrogens is 1. The van der Waals surface area contributed by atoms with Crippen molar-refractivity contribution >= 4 is 28.3 Å². The molecule has 2 aromatic heterocycles. The monoisotopic (exact) mass is 394 g/mol. The van der Waals surface area contributed by atoms with E-state index in [4.69, 9.17) is 4.74 Å². The summed E-state index contributed by atoms with van der Waals surface area (Å²) in [6.07, 6.45) is 1.24. The summed E-state index contributed by atoms with van der Waals surface area (Å²) in [6.45, 7) is 3.48. The van der Waals surface area contributed by atoms with E-state index in [1.54, 1.807) is 0 Å². The molecule has 6 nitrogen and oxygen atoms in total. The summed E-state index contributed by atoms with van der Waals surface area (Å²) < 4.78 is 7.76. The second kappa shape index (κ2) is 7.25. The van der Waals surface area contributed by atoms with Crippen LogP contribution in [0.5, 0.6) is 11.5 Å². The van der Waals surface area contributed by atoms with Crippen molar-refractivity contribution in [1.29, 1.82) is 0 Å². The fourth-order valence-electron chi connectivity index (χ4n) is 3.34. The zero-order valence-corrected chi connectivity index (χ0v) is 16.0. The van der Waals surface area contributed by atoms with E-state index in [-0.39, 0.29) is 5.91 Å². The Balaban J connectivity index is 1.45. The Morgan fingerprint density at radius 2 is 1.77 bits per heavy atom. The Morgan fingerprint density at radius 1 is 1.00 bits per heavy atom. The van der Waals surface area contributed by atoms with Crippen LogP contribution in [-0.4, -0.2) is 20.5 Å². The van der Waals surface area contributed by atoms with Gasteiger partial charge in [0.15, 0.2) is 5.65 Å². The van der Waals surface area contributed by atoms with Crippen LogP contribution in [0.4, 0.5) is 5.69 Å². The number of anilines is 1. The van der Waals surface area contributed by atoms with Gasteiger partial charge in [-0.1, -0.05) is 24.8 Å². The molecule has 2 heterocycles. The highest BCUT2D eigenvalue weighted by molar-refractivity contribution is 6.00. The summed E-state index contributed by atoms with van der Waals surface area (Å²) in [4.78, 5) is 16.2. The van der Waals surface area contributed by atoms with Crippen LogP contribution in [0.3, 0.4) is 0 Å². The van der Waals surface area contributed by atoms with E-state index in [0.717, 1.165) is 39.4 Å². The summed E-state index contributed by atoms with van der Waals surface area (Å²) in [5.41, 5.74) is 5.17. The van der Waals surface area contributed by atoms with Gasteiger partial charge in [-0.05, 0) is 66.2 Å². The molecule has 0 aliphatic rings. The molecule has 30 heavy (non-hydrogen) atoms. The van der Waals surface area contributed by atoms with Crippen molar-refractivity contribution in [2.24, 2.45) is 0 Å². The van der Waals surface area contributed by atoms with Crippen molar-refractivity contribution in [3.63, 3.8) is 0 Å². The largest absolute Gasteiger partial charge is 0.457 e. The third-order valence-electron chi connectivity index (χ3n) is 4.78. The van der Waals surface area contributed by atoms with Gasteiger partial charge < -0.3 is 10.1 Å². The maximum Gasteiger partial charge on any atom is 0.247 e. The van der Waals surface area contributed by atoms with Crippen LogP contribution < -0.4 is 10.1 Å². The quantitative estimate of drug-likeness (QED) is 0.392. The molecule has 0 unspecified atom stereocenters. The minimum atomic E-state index is -0.250. The lowest BCUT2D eigenvalue weighted by Gasteiger charge is -2.06. The van der Waals surface area contributed by atoms with Crippen LogP contribution in [0.15, 0.2) is 91.5 Å². The van der Waals surface area contributed by atoms with E-state index in [2.05, 4.69) is 22.0 Å². The molecule has 0 saturated heterocycles. The van der Waals surface area contributed by atoms with Gasteiger partial charge in [-0.15, -0.1) is 0 Å². The first kappa shape index (κ1) is 17.8. The molecule has 0 saturated carbocycles. The molecule has 0 atom stereocenters. The molecule has 0 fully saturated rings. The van der Waals surface area contributed by atoms with Crippen LogP contribution in [0.25, 0.3) is 27.9 Å². The molecular formula is C24H18N4O2. The number of rotatable bonds is 5. The third-order valence-corrected chi connectivity index (χ3v) is 4.78. The highest BCUT2D eigenvalue weighted by Gasteiger charge is 2.11. The number of carbonyl (C=O) groups is 1. The number of nitrogens with one attached hydrogen (secondary N) is 2. The molecule has 0 radical (unpaired) electrons. The lowest BCUT2D eigenvalue weighted by atomic mass is 10.1. The minimum absolute atomic E-state index is 0.250. The number of aromatic amines is 1. The van der Waals surface area contributed by atoms with Crippen molar-refractivity contribution in [3.8, 4) is 22.8 Å². The van der Waals surface area contributed by atoms with Crippen molar-refractivity contribution in [2.45, 2.75) is 0 Å². The second-order valence-corrected chi connectivity index (χ2v) is 6.81. The first-order valence-electron chi connectivity index (χ1n) is 9.47. The van der Waals surface area contributed by atoms with E-state index >= 15 is 0 Å². The number of carbonyl (C=O) groups excluding carboxylic acids is 1. The standard InChI is InChI=1S/C24H18N4O2/c1-2-24(29)25-17-10-13-20-22(14-17)28-23(26-20)15-21(27-28)16-8-11-19(12-9-16)30-18-6-4-3-5-7-18/h2-15,27H,1H2,(H,25,29). The number of aromatic nitrogens is 3.